The molecule has 1 aliphatic rings. The number of rotatable bonds is 4. The summed E-state index contributed by atoms with van der Waals surface area (Å²) in [5.74, 6) is 1.28. The minimum atomic E-state index is -0.0397. The highest BCUT2D eigenvalue weighted by atomic mass is 32.2. The molecule has 1 aromatic rings. The van der Waals surface area contributed by atoms with Crippen LogP contribution < -0.4 is 0 Å². The Hall–Kier alpha value is -0.960. The number of carbonyl (C=O) groups is 1. The Labute approximate surface area is 100 Å². The Bertz CT molecular complexity index is 361. The van der Waals surface area contributed by atoms with E-state index in [1.807, 2.05) is 18.2 Å². The summed E-state index contributed by atoms with van der Waals surface area (Å²) < 4.78 is 5.15. The lowest BCUT2D eigenvalue weighted by Gasteiger charge is -2.37. The van der Waals surface area contributed by atoms with E-state index in [-0.39, 0.29) is 18.0 Å². The molecule has 2 atom stereocenters. The van der Waals surface area contributed by atoms with Crippen molar-refractivity contribution in [3.63, 3.8) is 0 Å². The SMILES string of the molecule is CC(C)[C@H]1OC(=O)[C@H]1CSc1ccccc1. The van der Waals surface area contributed by atoms with Crippen molar-refractivity contribution in [2.75, 3.05) is 5.75 Å². The molecule has 0 aromatic heterocycles. The van der Waals surface area contributed by atoms with Crippen molar-refractivity contribution in [1.82, 2.24) is 0 Å². The lowest BCUT2D eigenvalue weighted by molar-refractivity contribution is -0.187. The van der Waals surface area contributed by atoms with Crippen LogP contribution in [-0.4, -0.2) is 17.8 Å². The molecule has 1 aromatic carbocycles. The molecule has 0 radical (unpaired) electrons. The number of hydrogen-bond donors (Lipinski definition) is 0. The minimum absolute atomic E-state index is 0.0397. The van der Waals surface area contributed by atoms with Crippen LogP contribution >= 0.6 is 11.8 Å². The molecule has 1 saturated heterocycles. The Kier molecular flexibility index (Phi) is 3.54. The van der Waals surface area contributed by atoms with Gasteiger partial charge in [-0.25, -0.2) is 0 Å². The zero-order valence-electron chi connectivity index (χ0n) is 9.55. The fourth-order valence-corrected chi connectivity index (χ4v) is 2.88. The molecule has 86 valence electrons. The van der Waals surface area contributed by atoms with Crippen LogP contribution in [-0.2, 0) is 9.53 Å². The molecule has 0 bridgehead atoms. The molecule has 16 heavy (non-hydrogen) atoms. The molecule has 0 aliphatic carbocycles. The van der Waals surface area contributed by atoms with E-state index in [1.54, 1.807) is 11.8 Å². The predicted octanol–water partition coefficient (Wildman–Crippen LogP) is 2.98. The van der Waals surface area contributed by atoms with Crippen molar-refractivity contribution in [2.45, 2.75) is 24.8 Å². The molecule has 1 heterocycles. The molecule has 3 heteroatoms. The van der Waals surface area contributed by atoms with Crippen molar-refractivity contribution >= 4 is 17.7 Å². The third kappa shape index (κ3) is 2.40. The second-order valence-electron chi connectivity index (χ2n) is 4.38. The number of thioether (sulfide) groups is 1. The van der Waals surface area contributed by atoms with Crippen LogP contribution in [0.2, 0.25) is 0 Å². The van der Waals surface area contributed by atoms with Crippen LogP contribution in [0, 0.1) is 11.8 Å². The third-order valence-electron chi connectivity index (χ3n) is 2.78. The van der Waals surface area contributed by atoms with Crippen molar-refractivity contribution in [1.29, 1.82) is 0 Å². The maximum Gasteiger partial charge on any atom is 0.313 e. The Balaban J connectivity index is 1.88. The van der Waals surface area contributed by atoms with Gasteiger partial charge in [0.05, 0.1) is 0 Å². The molecule has 0 unspecified atom stereocenters. The van der Waals surface area contributed by atoms with Gasteiger partial charge in [-0.15, -0.1) is 11.8 Å². The standard InChI is InChI=1S/C13H16O2S/c1-9(2)12-11(13(14)15-12)8-16-10-6-4-3-5-7-10/h3-7,9,11-12H,8H2,1-2H3/t11-,12+/m0/s1. The first-order chi connectivity index (χ1) is 7.68. The van der Waals surface area contributed by atoms with Gasteiger partial charge in [-0.2, -0.15) is 0 Å². The topological polar surface area (TPSA) is 26.3 Å². The molecule has 0 spiro atoms. The number of esters is 1. The smallest absolute Gasteiger partial charge is 0.313 e. The lowest BCUT2D eigenvalue weighted by Crippen LogP contribution is -2.49. The second-order valence-corrected chi connectivity index (χ2v) is 5.47. The number of benzene rings is 1. The summed E-state index contributed by atoms with van der Waals surface area (Å²) >= 11 is 1.73. The zero-order chi connectivity index (χ0) is 11.5. The number of carbonyl (C=O) groups excluding carboxylic acids is 1. The molecular formula is C13H16O2S. The summed E-state index contributed by atoms with van der Waals surface area (Å²) in [6.07, 6.45) is 0.115. The van der Waals surface area contributed by atoms with E-state index in [0.717, 1.165) is 5.75 Å². The van der Waals surface area contributed by atoms with Crippen LogP contribution in [0.4, 0.5) is 0 Å². The average molecular weight is 236 g/mol. The first kappa shape index (κ1) is 11.5. The summed E-state index contributed by atoms with van der Waals surface area (Å²) in [7, 11) is 0. The molecular weight excluding hydrogens is 220 g/mol. The fourth-order valence-electron chi connectivity index (χ4n) is 1.83. The summed E-state index contributed by atoms with van der Waals surface area (Å²) in [5, 5.41) is 0. The number of cyclic esters (lactones) is 1. The summed E-state index contributed by atoms with van der Waals surface area (Å²) in [6, 6.07) is 10.2. The summed E-state index contributed by atoms with van der Waals surface area (Å²) in [5.41, 5.74) is 0. The highest BCUT2D eigenvalue weighted by molar-refractivity contribution is 7.99. The van der Waals surface area contributed by atoms with E-state index < -0.39 is 0 Å². The Morgan fingerprint density at radius 3 is 2.56 bits per heavy atom. The lowest BCUT2D eigenvalue weighted by atomic mass is 9.90. The van der Waals surface area contributed by atoms with E-state index in [4.69, 9.17) is 4.74 Å². The number of ether oxygens (including phenoxy) is 1. The van der Waals surface area contributed by atoms with E-state index in [2.05, 4.69) is 26.0 Å². The van der Waals surface area contributed by atoms with Gasteiger partial charge in [0.25, 0.3) is 0 Å². The van der Waals surface area contributed by atoms with E-state index in [1.165, 1.54) is 4.90 Å². The van der Waals surface area contributed by atoms with Gasteiger partial charge >= 0.3 is 5.97 Å². The van der Waals surface area contributed by atoms with E-state index in [0.29, 0.717) is 5.92 Å². The Morgan fingerprint density at radius 1 is 1.31 bits per heavy atom. The van der Waals surface area contributed by atoms with Crippen LogP contribution in [0.25, 0.3) is 0 Å². The summed E-state index contributed by atoms with van der Waals surface area (Å²) in [6.45, 7) is 4.19. The molecule has 1 aliphatic heterocycles. The van der Waals surface area contributed by atoms with E-state index in [9.17, 15) is 4.79 Å². The average Bonchev–Trinajstić information content (AvgIpc) is 2.27. The molecule has 0 amide bonds. The first-order valence-corrected chi connectivity index (χ1v) is 6.55. The summed E-state index contributed by atoms with van der Waals surface area (Å²) in [4.78, 5) is 12.5. The van der Waals surface area contributed by atoms with Crippen LogP contribution in [0.3, 0.4) is 0 Å². The highest BCUT2D eigenvalue weighted by Crippen LogP contribution is 2.33. The first-order valence-electron chi connectivity index (χ1n) is 5.57. The minimum Gasteiger partial charge on any atom is -0.461 e. The monoisotopic (exact) mass is 236 g/mol. The zero-order valence-corrected chi connectivity index (χ0v) is 10.4. The maximum absolute atomic E-state index is 11.3. The highest BCUT2D eigenvalue weighted by Gasteiger charge is 2.43. The Morgan fingerprint density at radius 2 is 2.00 bits per heavy atom. The van der Waals surface area contributed by atoms with Crippen molar-refractivity contribution in [2.24, 2.45) is 11.8 Å². The van der Waals surface area contributed by atoms with Gasteiger partial charge in [0.15, 0.2) is 0 Å². The second kappa shape index (κ2) is 4.91. The van der Waals surface area contributed by atoms with Gasteiger partial charge in [0.1, 0.15) is 12.0 Å². The third-order valence-corrected chi connectivity index (χ3v) is 3.91. The molecule has 0 N–H and O–H groups in total. The van der Waals surface area contributed by atoms with Gasteiger partial charge in [0, 0.05) is 10.6 Å². The molecule has 1 fully saturated rings. The van der Waals surface area contributed by atoms with Crippen LogP contribution in [0.15, 0.2) is 35.2 Å². The molecule has 2 rings (SSSR count). The molecule has 0 saturated carbocycles. The van der Waals surface area contributed by atoms with Crippen LogP contribution in [0.5, 0.6) is 0 Å². The maximum atomic E-state index is 11.3. The predicted molar refractivity (Wildman–Crippen MR) is 65.4 cm³/mol. The van der Waals surface area contributed by atoms with Gasteiger partial charge in [-0.1, -0.05) is 32.0 Å². The normalized spacial score (nSPS) is 24.1. The number of hydrogen-bond acceptors (Lipinski definition) is 3. The fraction of sp³-hybridized carbons (Fsp3) is 0.462. The van der Waals surface area contributed by atoms with Gasteiger partial charge in [0.2, 0.25) is 0 Å². The van der Waals surface area contributed by atoms with Crippen molar-refractivity contribution < 1.29 is 9.53 Å². The largest absolute Gasteiger partial charge is 0.461 e. The van der Waals surface area contributed by atoms with Gasteiger partial charge in [-0.05, 0) is 18.1 Å². The van der Waals surface area contributed by atoms with Crippen molar-refractivity contribution in [3.05, 3.63) is 30.3 Å². The van der Waals surface area contributed by atoms with E-state index >= 15 is 0 Å². The van der Waals surface area contributed by atoms with Gasteiger partial charge < -0.3 is 4.74 Å². The van der Waals surface area contributed by atoms with Crippen LogP contribution in [0.1, 0.15) is 13.8 Å². The molecule has 2 nitrogen and oxygen atoms in total. The quantitative estimate of drug-likeness (QED) is 0.594. The van der Waals surface area contributed by atoms with Gasteiger partial charge in [-0.3, -0.25) is 4.79 Å². The van der Waals surface area contributed by atoms with Crippen molar-refractivity contribution in [3.8, 4) is 0 Å².